The van der Waals surface area contributed by atoms with E-state index in [2.05, 4.69) is 60.0 Å². The number of hydrogen-bond acceptors (Lipinski definition) is 0. The molecule has 0 aliphatic rings. The summed E-state index contributed by atoms with van der Waals surface area (Å²) in [5, 5.41) is 0. The fourth-order valence-electron chi connectivity index (χ4n) is 1.58. The second-order valence-corrected chi connectivity index (χ2v) is 9.87. The average molecular weight is 257 g/mol. The van der Waals surface area contributed by atoms with Gasteiger partial charge in [0.05, 0.1) is 0 Å². The zero-order chi connectivity index (χ0) is 10.7. The molecule has 0 fully saturated rings. The first-order valence-corrected chi connectivity index (χ1v) is 9.43. The van der Waals surface area contributed by atoms with Crippen LogP contribution in [0, 0.1) is 11.4 Å². The van der Waals surface area contributed by atoms with Gasteiger partial charge in [0.2, 0.25) is 0 Å². The summed E-state index contributed by atoms with van der Waals surface area (Å²) in [7, 11) is 0. The molecular weight excluding hydrogens is 243 g/mol. The second kappa shape index (κ2) is 4.24. The van der Waals surface area contributed by atoms with Crippen LogP contribution >= 0.6 is 0 Å². The van der Waals surface area contributed by atoms with Crippen molar-refractivity contribution in [3.63, 3.8) is 0 Å². The van der Waals surface area contributed by atoms with E-state index in [1.165, 1.54) is 8.70 Å². The van der Waals surface area contributed by atoms with Crippen molar-refractivity contribution in [1.29, 1.82) is 0 Å². The first kappa shape index (κ1) is 10.5. The van der Waals surface area contributed by atoms with E-state index >= 15 is 0 Å². The maximum absolute atomic E-state index is 4.37. The van der Waals surface area contributed by atoms with Crippen LogP contribution < -0.4 is 8.70 Å². The van der Waals surface area contributed by atoms with Crippen LogP contribution in [-0.2, 0) is 0 Å². The third-order valence-electron chi connectivity index (χ3n) is 2.50. The average Bonchev–Trinajstić information content (AvgIpc) is 2.31. The molecule has 1 heteroatoms. The Kier molecular flexibility index (Phi) is 2.97. The van der Waals surface area contributed by atoms with E-state index in [4.69, 9.17) is 0 Å². The number of rotatable bonds is 2. The molecule has 2 aromatic carbocycles. The summed E-state index contributed by atoms with van der Waals surface area (Å²) in [5.41, 5.74) is 8.74. The fourth-order valence-corrected chi connectivity index (χ4v) is 5.32. The van der Waals surface area contributed by atoms with E-state index in [9.17, 15) is 0 Å². The zero-order valence-electron chi connectivity index (χ0n) is 8.63. The van der Waals surface area contributed by atoms with Crippen molar-refractivity contribution in [2.45, 2.75) is 0 Å². The van der Waals surface area contributed by atoms with Crippen molar-refractivity contribution < 1.29 is 0 Å². The summed E-state index contributed by atoms with van der Waals surface area (Å²) in [5.74, 6) is 0. The molecule has 0 aliphatic carbocycles. The van der Waals surface area contributed by atoms with Crippen LogP contribution in [0.4, 0.5) is 0 Å². The Bertz CT molecular complexity index is 376. The van der Waals surface area contributed by atoms with Gasteiger partial charge in [0.1, 0.15) is 0 Å². The molecule has 0 bridgehead atoms. The molecule has 0 aliphatic heterocycles. The van der Waals surface area contributed by atoms with Gasteiger partial charge < -0.3 is 0 Å². The van der Waals surface area contributed by atoms with Gasteiger partial charge in [-0.25, -0.2) is 0 Å². The minimum absolute atomic E-state index is 1.31. The predicted octanol–water partition coefficient (Wildman–Crippen LogP) is 2.00. The third-order valence-corrected chi connectivity index (χ3v) is 7.90. The van der Waals surface area contributed by atoms with E-state index < -0.39 is 13.6 Å². The first-order valence-electron chi connectivity index (χ1n) is 4.90. The van der Waals surface area contributed by atoms with E-state index in [1.807, 2.05) is 12.1 Å². The molecule has 76 valence electrons. The van der Waals surface area contributed by atoms with E-state index in [0.29, 0.717) is 0 Å². The van der Waals surface area contributed by atoms with Crippen molar-refractivity contribution in [1.82, 2.24) is 0 Å². The molecule has 0 nitrogen and oxygen atoms in total. The normalized spacial score (nSPS) is 11.3. The summed E-state index contributed by atoms with van der Waals surface area (Å²) in [4.78, 5) is 0. The SMILES string of the molecule is [CH2-][As+]([CH2-])(c1ccccc1)c1ccccc1. The van der Waals surface area contributed by atoms with Crippen molar-refractivity contribution in [2.24, 2.45) is 0 Å². The van der Waals surface area contributed by atoms with Crippen LogP contribution in [0.15, 0.2) is 60.7 Å². The summed E-state index contributed by atoms with van der Waals surface area (Å²) < 4.78 is 2.61. The van der Waals surface area contributed by atoms with Gasteiger partial charge in [-0.05, 0) is 0 Å². The van der Waals surface area contributed by atoms with Crippen LogP contribution in [0.3, 0.4) is 0 Å². The molecule has 0 amide bonds. The summed E-state index contributed by atoms with van der Waals surface area (Å²) in [6, 6.07) is 20.9. The van der Waals surface area contributed by atoms with Gasteiger partial charge in [0, 0.05) is 0 Å². The van der Waals surface area contributed by atoms with Gasteiger partial charge in [0.25, 0.3) is 0 Å². The Morgan fingerprint density at radius 2 is 0.933 bits per heavy atom. The molecule has 0 heterocycles. The first-order chi connectivity index (χ1) is 7.21. The Hall–Kier alpha value is -1.00. The summed E-state index contributed by atoms with van der Waals surface area (Å²) in [6.07, 6.45) is 0. The number of hydrogen-bond donors (Lipinski definition) is 0. The fraction of sp³-hybridized carbons (Fsp3) is 0. The van der Waals surface area contributed by atoms with E-state index in [-0.39, 0.29) is 0 Å². The molecule has 15 heavy (non-hydrogen) atoms. The zero-order valence-corrected chi connectivity index (χ0v) is 10.5. The minimum atomic E-state index is -2.32. The van der Waals surface area contributed by atoms with Crippen LogP contribution in [0.1, 0.15) is 0 Å². The predicted molar refractivity (Wildman–Crippen MR) is 68.6 cm³/mol. The van der Waals surface area contributed by atoms with Crippen LogP contribution in [-0.4, -0.2) is 13.6 Å². The standard InChI is InChI=1S/C14H14As/c1-15(2,13-9-5-3-6-10-13)14-11-7-4-8-12-14/h3-12H,1-2H2/q-1. The molecule has 2 rings (SSSR count). The topological polar surface area (TPSA) is 0 Å². The van der Waals surface area contributed by atoms with Crippen molar-refractivity contribution in [3.8, 4) is 0 Å². The molecule has 0 saturated heterocycles. The Morgan fingerprint density at radius 3 is 1.27 bits per heavy atom. The van der Waals surface area contributed by atoms with E-state index in [1.54, 1.807) is 0 Å². The van der Waals surface area contributed by atoms with Gasteiger partial charge in [-0.1, -0.05) is 0 Å². The van der Waals surface area contributed by atoms with Crippen molar-refractivity contribution in [2.75, 3.05) is 0 Å². The molecule has 0 radical (unpaired) electrons. The summed E-state index contributed by atoms with van der Waals surface area (Å²) in [6.45, 7) is 0. The molecule has 0 N–H and O–H groups in total. The van der Waals surface area contributed by atoms with Crippen molar-refractivity contribution in [3.05, 3.63) is 72.1 Å². The van der Waals surface area contributed by atoms with Crippen molar-refractivity contribution >= 4 is 22.3 Å². The third kappa shape index (κ3) is 2.16. The Morgan fingerprint density at radius 1 is 0.600 bits per heavy atom. The molecule has 0 spiro atoms. The molecule has 0 saturated carbocycles. The van der Waals surface area contributed by atoms with Crippen LogP contribution in [0.25, 0.3) is 0 Å². The second-order valence-electron chi connectivity index (χ2n) is 3.64. The van der Waals surface area contributed by atoms with Crippen LogP contribution in [0.5, 0.6) is 0 Å². The Balaban J connectivity index is 2.44. The van der Waals surface area contributed by atoms with E-state index in [0.717, 1.165) is 0 Å². The molecular formula is C14H14As-. The monoisotopic (exact) mass is 257 g/mol. The van der Waals surface area contributed by atoms with Gasteiger partial charge in [-0.15, -0.1) is 0 Å². The van der Waals surface area contributed by atoms with Crippen LogP contribution in [0.2, 0.25) is 0 Å². The maximum atomic E-state index is 4.37. The molecule has 0 unspecified atom stereocenters. The van der Waals surface area contributed by atoms with Gasteiger partial charge >= 0.3 is 94.3 Å². The van der Waals surface area contributed by atoms with Gasteiger partial charge in [0.15, 0.2) is 0 Å². The van der Waals surface area contributed by atoms with Gasteiger partial charge in [-0.2, -0.15) is 0 Å². The molecule has 2 aromatic rings. The summed E-state index contributed by atoms with van der Waals surface area (Å²) >= 11 is -2.32. The number of benzene rings is 2. The van der Waals surface area contributed by atoms with Gasteiger partial charge in [-0.3, -0.25) is 0 Å². The Labute approximate surface area is 94.4 Å². The quantitative estimate of drug-likeness (QED) is 0.570. The molecule has 0 aromatic heterocycles. The molecule has 0 atom stereocenters.